The molecule has 82 valence electrons. The van der Waals surface area contributed by atoms with Crippen molar-refractivity contribution in [2.45, 2.75) is 58.3 Å². The molecule has 0 N–H and O–H groups in total. The van der Waals surface area contributed by atoms with Crippen LogP contribution < -0.4 is 0 Å². The van der Waals surface area contributed by atoms with Crippen LogP contribution in [0.15, 0.2) is 12.2 Å². The van der Waals surface area contributed by atoms with Crippen LogP contribution in [-0.4, -0.2) is 6.61 Å². The van der Waals surface area contributed by atoms with Crippen molar-refractivity contribution in [3.8, 4) is 0 Å². The van der Waals surface area contributed by atoms with E-state index in [0.29, 0.717) is 5.95 Å². The molecule has 0 bridgehead atoms. The molecule has 1 rings (SSSR count). The van der Waals surface area contributed by atoms with Gasteiger partial charge in [0.15, 0.2) is 6.26 Å². The molecule has 14 heavy (non-hydrogen) atoms. The first kappa shape index (κ1) is 11.4. The summed E-state index contributed by atoms with van der Waals surface area (Å²) in [5.41, 5.74) is 0. The molecule has 2 nitrogen and oxygen atoms in total. The molecular weight excluding hydrogens is 176 g/mol. The Morgan fingerprint density at radius 3 is 2.14 bits per heavy atom. The third-order valence-corrected chi connectivity index (χ3v) is 2.46. The number of unbranched alkanes of at least 4 members (excludes halogenated alkanes) is 7. The molecule has 0 amide bonds. The van der Waals surface area contributed by atoms with Gasteiger partial charge in [-0.25, -0.2) is 0 Å². The standard InChI is InChI=1S/C12H22O2/c1-2-3-4-5-6-7-8-9-10-13-12-11-14-12/h11H,2-10H2,1H3. The normalized spacial score (nSPS) is 13.4. The van der Waals surface area contributed by atoms with Crippen LogP contribution in [0.1, 0.15) is 58.3 Å². The molecule has 0 aromatic heterocycles. The average Bonchev–Trinajstić information content (AvgIpc) is 2.99. The zero-order valence-corrected chi connectivity index (χ0v) is 9.26. The molecule has 1 aliphatic heterocycles. The van der Waals surface area contributed by atoms with Gasteiger partial charge < -0.3 is 9.47 Å². The lowest BCUT2D eigenvalue weighted by atomic mass is 10.1. The van der Waals surface area contributed by atoms with E-state index in [1.807, 2.05) is 0 Å². The zero-order chi connectivity index (χ0) is 10.1. The molecule has 0 saturated carbocycles. The van der Waals surface area contributed by atoms with Crippen molar-refractivity contribution in [1.29, 1.82) is 0 Å². The van der Waals surface area contributed by atoms with E-state index in [1.54, 1.807) is 6.26 Å². The summed E-state index contributed by atoms with van der Waals surface area (Å²) in [6, 6.07) is 0. The fourth-order valence-electron chi connectivity index (χ4n) is 1.50. The molecule has 0 saturated heterocycles. The van der Waals surface area contributed by atoms with E-state index in [0.717, 1.165) is 13.0 Å². The van der Waals surface area contributed by atoms with Gasteiger partial charge in [0, 0.05) is 0 Å². The Balaban J connectivity index is 1.65. The molecule has 0 atom stereocenters. The summed E-state index contributed by atoms with van der Waals surface area (Å²) < 4.78 is 9.99. The maximum atomic E-state index is 5.24. The highest BCUT2D eigenvalue weighted by atomic mass is 16.7. The minimum absolute atomic E-state index is 0.716. The highest BCUT2D eigenvalue weighted by Crippen LogP contribution is 2.15. The molecule has 1 heterocycles. The second kappa shape index (κ2) is 7.72. The lowest BCUT2D eigenvalue weighted by Crippen LogP contribution is -1.89. The zero-order valence-electron chi connectivity index (χ0n) is 9.26. The van der Waals surface area contributed by atoms with Crippen LogP contribution in [0.25, 0.3) is 0 Å². The number of hydrogen-bond donors (Lipinski definition) is 0. The first-order valence-electron chi connectivity index (χ1n) is 5.93. The van der Waals surface area contributed by atoms with Gasteiger partial charge in [-0.1, -0.05) is 51.9 Å². The monoisotopic (exact) mass is 198 g/mol. The van der Waals surface area contributed by atoms with E-state index in [4.69, 9.17) is 9.47 Å². The molecule has 0 fully saturated rings. The third-order valence-electron chi connectivity index (χ3n) is 2.46. The van der Waals surface area contributed by atoms with Crippen LogP contribution in [0, 0.1) is 0 Å². The van der Waals surface area contributed by atoms with Gasteiger partial charge in [0.25, 0.3) is 0 Å². The van der Waals surface area contributed by atoms with Gasteiger partial charge in [-0.2, -0.15) is 0 Å². The molecule has 0 spiro atoms. The SMILES string of the molecule is CCCCCCCCCCOC1=CO1. The third kappa shape index (κ3) is 6.81. The fraction of sp³-hybridized carbons (Fsp3) is 0.833. The first-order valence-corrected chi connectivity index (χ1v) is 5.93. The summed E-state index contributed by atoms with van der Waals surface area (Å²) in [6.45, 7) is 3.08. The first-order chi connectivity index (χ1) is 6.93. The van der Waals surface area contributed by atoms with Crippen LogP contribution >= 0.6 is 0 Å². The fourth-order valence-corrected chi connectivity index (χ4v) is 1.50. The molecule has 0 aliphatic carbocycles. The minimum atomic E-state index is 0.716. The molecular formula is C12H22O2. The van der Waals surface area contributed by atoms with Gasteiger partial charge in [0.1, 0.15) is 0 Å². The predicted molar refractivity (Wildman–Crippen MR) is 57.7 cm³/mol. The van der Waals surface area contributed by atoms with Crippen LogP contribution in [0.4, 0.5) is 0 Å². The van der Waals surface area contributed by atoms with E-state index < -0.39 is 0 Å². The van der Waals surface area contributed by atoms with Gasteiger partial charge in [-0.05, 0) is 6.42 Å². The van der Waals surface area contributed by atoms with Gasteiger partial charge in [0.2, 0.25) is 0 Å². The average molecular weight is 198 g/mol. The van der Waals surface area contributed by atoms with Gasteiger partial charge >= 0.3 is 5.95 Å². The van der Waals surface area contributed by atoms with Crippen molar-refractivity contribution in [3.05, 3.63) is 12.2 Å². The van der Waals surface area contributed by atoms with Gasteiger partial charge in [-0.3, -0.25) is 0 Å². The van der Waals surface area contributed by atoms with Gasteiger partial charge in [0.05, 0.1) is 6.61 Å². The lowest BCUT2D eigenvalue weighted by Gasteiger charge is -2.01. The second-order valence-electron chi connectivity index (χ2n) is 3.88. The summed E-state index contributed by atoms with van der Waals surface area (Å²) in [7, 11) is 0. The Kier molecular flexibility index (Phi) is 6.29. The predicted octanol–water partition coefficient (Wildman–Crippen LogP) is 3.97. The minimum Gasteiger partial charge on any atom is -0.463 e. The van der Waals surface area contributed by atoms with E-state index in [9.17, 15) is 0 Å². The number of ether oxygens (including phenoxy) is 2. The maximum absolute atomic E-state index is 5.24. The Morgan fingerprint density at radius 2 is 1.57 bits per heavy atom. The summed E-state index contributed by atoms with van der Waals surface area (Å²) in [6.07, 6.45) is 12.4. The van der Waals surface area contributed by atoms with Crippen LogP contribution in [-0.2, 0) is 9.47 Å². The van der Waals surface area contributed by atoms with Gasteiger partial charge in [-0.15, -0.1) is 0 Å². The summed E-state index contributed by atoms with van der Waals surface area (Å²) in [5, 5.41) is 0. The molecule has 2 heteroatoms. The lowest BCUT2D eigenvalue weighted by molar-refractivity contribution is 0.150. The Morgan fingerprint density at radius 1 is 1.00 bits per heavy atom. The highest BCUT2D eigenvalue weighted by molar-refractivity contribution is 4.91. The Hall–Kier alpha value is -0.660. The van der Waals surface area contributed by atoms with E-state index in [1.165, 1.54) is 44.9 Å². The number of rotatable bonds is 10. The largest absolute Gasteiger partial charge is 0.463 e. The summed E-state index contributed by atoms with van der Waals surface area (Å²) in [5.74, 6) is 0.716. The Bertz CT molecular complexity index is 164. The maximum Gasteiger partial charge on any atom is 0.321 e. The van der Waals surface area contributed by atoms with Crippen molar-refractivity contribution in [2.75, 3.05) is 6.61 Å². The van der Waals surface area contributed by atoms with Crippen molar-refractivity contribution in [2.24, 2.45) is 0 Å². The van der Waals surface area contributed by atoms with E-state index in [-0.39, 0.29) is 0 Å². The van der Waals surface area contributed by atoms with Crippen molar-refractivity contribution >= 4 is 0 Å². The molecule has 1 aliphatic rings. The van der Waals surface area contributed by atoms with Crippen LogP contribution in [0.3, 0.4) is 0 Å². The quantitative estimate of drug-likeness (QED) is 0.495. The van der Waals surface area contributed by atoms with Crippen molar-refractivity contribution in [1.82, 2.24) is 0 Å². The summed E-state index contributed by atoms with van der Waals surface area (Å²) in [4.78, 5) is 0. The van der Waals surface area contributed by atoms with E-state index >= 15 is 0 Å². The summed E-state index contributed by atoms with van der Waals surface area (Å²) >= 11 is 0. The molecule has 0 radical (unpaired) electrons. The molecule has 0 unspecified atom stereocenters. The smallest absolute Gasteiger partial charge is 0.321 e. The highest BCUT2D eigenvalue weighted by Gasteiger charge is 2.09. The van der Waals surface area contributed by atoms with Crippen LogP contribution in [0.2, 0.25) is 0 Å². The van der Waals surface area contributed by atoms with E-state index in [2.05, 4.69) is 6.92 Å². The Labute approximate surface area is 87.3 Å². The van der Waals surface area contributed by atoms with Crippen LogP contribution in [0.5, 0.6) is 0 Å². The topological polar surface area (TPSA) is 21.8 Å². The molecule has 0 aromatic carbocycles. The van der Waals surface area contributed by atoms with Crippen molar-refractivity contribution in [3.63, 3.8) is 0 Å². The number of hydrogen-bond acceptors (Lipinski definition) is 2. The van der Waals surface area contributed by atoms with Crippen molar-refractivity contribution < 1.29 is 9.47 Å². The second-order valence-corrected chi connectivity index (χ2v) is 3.88. The molecule has 0 aromatic rings.